The molecule has 43 heavy (non-hydrogen) atoms. The number of pyridine rings is 1. The summed E-state index contributed by atoms with van der Waals surface area (Å²) in [7, 11) is 0. The number of benzene rings is 3. The van der Waals surface area contributed by atoms with Crippen molar-refractivity contribution in [3.63, 3.8) is 0 Å². The lowest BCUT2D eigenvalue weighted by Gasteiger charge is -2.25. The average molecular weight is 614 g/mol. The second kappa shape index (κ2) is 12.3. The molecule has 3 aromatic carbocycles. The first-order valence-electron chi connectivity index (χ1n) is 14.2. The van der Waals surface area contributed by atoms with Gasteiger partial charge >= 0.3 is 0 Å². The van der Waals surface area contributed by atoms with Crippen LogP contribution in [0.5, 0.6) is 11.5 Å². The number of hydrogen-bond acceptors (Lipinski definition) is 7. The zero-order chi connectivity index (χ0) is 30.1. The lowest BCUT2D eigenvalue weighted by molar-refractivity contribution is 0.0996. The highest BCUT2D eigenvalue weighted by molar-refractivity contribution is 7.80. The SMILES string of the molecule is Cc1cc(-c2ccc3c(c2)ncn3-c2cc(O[C@H](C)c3cccc(OC4CCNCC4)c3Cl)c(S)c(C(N)=O)c2)ccn1. The maximum Gasteiger partial charge on any atom is 0.250 e. The van der Waals surface area contributed by atoms with E-state index in [9.17, 15) is 4.79 Å². The molecule has 0 unspecified atom stereocenters. The van der Waals surface area contributed by atoms with Gasteiger partial charge in [0, 0.05) is 23.5 Å². The van der Waals surface area contributed by atoms with Crippen LogP contribution in [0, 0.1) is 6.92 Å². The highest BCUT2D eigenvalue weighted by atomic mass is 35.5. The number of fused-ring (bicyclic) bond motifs is 1. The van der Waals surface area contributed by atoms with E-state index in [0.717, 1.165) is 59.3 Å². The standard InChI is InChI=1S/C33H32ClN5O3S/c1-19-14-22(8-13-37-19)21-6-7-28-27(15-21)38-18-39(28)23-16-26(33(35)40)32(43)30(17-23)41-20(2)25-4-3-5-29(31(25)34)42-24-9-11-36-12-10-24/h3-8,13-18,20,24,36,43H,9-12H2,1-2H3,(H2,35,40)/t20-/m1/s1. The van der Waals surface area contributed by atoms with Crippen LogP contribution in [0.2, 0.25) is 5.02 Å². The van der Waals surface area contributed by atoms with Crippen LogP contribution >= 0.6 is 24.2 Å². The topological polar surface area (TPSA) is 104 Å². The van der Waals surface area contributed by atoms with E-state index in [4.69, 9.17) is 26.8 Å². The molecular weight excluding hydrogens is 582 g/mol. The Hall–Kier alpha value is -4.05. The average Bonchev–Trinajstić information content (AvgIpc) is 3.43. The van der Waals surface area contributed by atoms with Gasteiger partial charge in [0.25, 0.3) is 0 Å². The number of carbonyl (C=O) groups excluding carboxylic acids is 1. The van der Waals surface area contributed by atoms with Crippen LogP contribution in [-0.4, -0.2) is 39.6 Å². The number of primary amides is 1. The van der Waals surface area contributed by atoms with Crippen LogP contribution < -0.4 is 20.5 Å². The number of thiol groups is 1. The van der Waals surface area contributed by atoms with Crippen molar-refractivity contribution < 1.29 is 14.3 Å². The Morgan fingerprint density at radius 1 is 1.07 bits per heavy atom. The molecule has 5 aromatic rings. The van der Waals surface area contributed by atoms with Gasteiger partial charge in [0.1, 0.15) is 30.0 Å². The van der Waals surface area contributed by atoms with Crippen molar-refractivity contribution in [2.75, 3.05) is 13.1 Å². The van der Waals surface area contributed by atoms with E-state index in [2.05, 4.69) is 27.9 Å². The third-order valence-corrected chi connectivity index (χ3v) is 8.56. The number of piperidine rings is 1. The minimum Gasteiger partial charge on any atom is -0.489 e. The summed E-state index contributed by atoms with van der Waals surface area (Å²) in [6.07, 6.45) is 5.00. The van der Waals surface area contributed by atoms with Gasteiger partial charge in [0.2, 0.25) is 5.91 Å². The quantitative estimate of drug-likeness (QED) is 0.168. The maximum absolute atomic E-state index is 12.5. The van der Waals surface area contributed by atoms with E-state index in [-0.39, 0.29) is 11.7 Å². The number of aromatic nitrogens is 3. The Labute approximate surface area is 260 Å². The monoisotopic (exact) mass is 613 g/mol. The summed E-state index contributed by atoms with van der Waals surface area (Å²) in [5.41, 5.74) is 12.1. The predicted octanol–water partition coefficient (Wildman–Crippen LogP) is 6.71. The second-order valence-electron chi connectivity index (χ2n) is 10.7. The zero-order valence-corrected chi connectivity index (χ0v) is 25.5. The second-order valence-corrected chi connectivity index (χ2v) is 11.5. The fourth-order valence-corrected chi connectivity index (χ4v) is 6.03. The first-order valence-corrected chi connectivity index (χ1v) is 15.0. The summed E-state index contributed by atoms with van der Waals surface area (Å²) in [6, 6.07) is 19.3. The molecule has 1 fully saturated rings. The molecule has 0 radical (unpaired) electrons. The molecule has 1 aliphatic heterocycles. The number of carbonyl (C=O) groups is 1. The maximum atomic E-state index is 12.5. The molecule has 0 saturated carbocycles. The van der Waals surface area contributed by atoms with Crippen molar-refractivity contribution in [2.45, 2.75) is 43.8 Å². The number of amides is 1. The smallest absolute Gasteiger partial charge is 0.250 e. The van der Waals surface area contributed by atoms with E-state index < -0.39 is 12.0 Å². The normalized spacial score (nSPS) is 14.5. The van der Waals surface area contributed by atoms with Crippen LogP contribution in [0.1, 0.15) is 47.5 Å². The first-order chi connectivity index (χ1) is 20.8. The van der Waals surface area contributed by atoms with Crippen LogP contribution in [0.25, 0.3) is 27.8 Å². The molecule has 0 spiro atoms. The molecule has 1 saturated heterocycles. The van der Waals surface area contributed by atoms with Crippen molar-refractivity contribution in [1.29, 1.82) is 0 Å². The number of nitrogens with zero attached hydrogens (tertiary/aromatic N) is 3. The number of rotatable bonds is 8. The molecule has 8 nitrogen and oxygen atoms in total. The van der Waals surface area contributed by atoms with Crippen molar-refractivity contribution in [3.05, 3.63) is 95.0 Å². The Kier molecular flexibility index (Phi) is 8.30. The first kappa shape index (κ1) is 29.0. The molecule has 1 amide bonds. The van der Waals surface area contributed by atoms with Gasteiger partial charge in [0.05, 0.1) is 32.2 Å². The number of nitrogens with one attached hydrogen (secondary N) is 1. The van der Waals surface area contributed by atoms with Gasteiger partial charge in [-0.25, -0.2) is 4.98 Å². The summed E-state index contributed by atoms with van der Waals surface area (Å²) >= 11 is 11.5. The van der Waals surface area contributed by atoms with Crippen molar-refractivity contribution in [3.8, 4) is 28.3 Å². The van der Waals surface area contributed by atoms with E-state index in [1.165, 1.54) is 0 Å². The van der Waals surface area contributed by atoms with Gasteiger partial charge in [-0.3, -0.25) is 14.3 Å². The lowest BCUT2D eigenvalue weighted by Crippen LogP contribution is -2.34. The molecule has 1 aliphatic rings. The minimum atomic E-state index is -0.612. The van der Waals surface area contributed by atoms with Gasteiger partial charge < -0.3 is 20.5 Å². The Balaban J connectivity index is 1.32. The van der Waals surface area contributed by atoms with Crippen molar-refractivity contribution in [2.24, 2.45) is 5.73 Å². The van der Waals surface area contributed by atoms with Crippen molar-refractivity contribution >= 4 is 41.2 Å². The number of imidazole rings is 1. The number of nitrogens with two attached hydrogens (primary N) is 1. The molecule has 0 bridgehead atoms. The Morgan fingerprint density at radius 2 is 1.86 bits per heavy atom. The third-order valence-electron chi connectivity index (χ3n) is 7.70. The van der Waals surface area contributed by atoms with Gasteiger partial charge in [-0.1, -0.05) is 29.8 Å². The van der Waals surface area contributed by atoms with Crippen LogP contribution in [0.3, 0.4) is 0 Å². The number of halogens is 1. The third kappa shape index (κ3) is 6.06. The lowest BCUT2D eigenvalue weighted by atomic mass is 10.1. The van der Waals surface area contributed by atoms with Crippen LogP contribution in [0.4, 0.5) is 0 Å². The Morgan fingerprint density at radius 3 is 2.63 bits per heavy atom. The van der Waals surface area contributed by atoms with Gasteiger partial charge in [-0.2, -0.15) is 0 Å². The minimum absolute atomic E-state index is 0.110. The summed E-state index contributed by atoms with van der Waals surface area (Å²) < 4.78 is 14.5. The summed E-state index contributed by atoms with van der Waals surface area (Å²) in [6.45, 7) is 5.70. The molecule has 10 heteroatoms. The fraction of sp³-hybridized carbons (Fsp3) is 0.242. The van der Waals surface area contributed by atoms with Gasteiger partial charge in [-0.15, -0.1) is 12.6 Å². The summed E-state index contributed by atoms with van der Waals surface area (Å²) in [4.78, 5) is 21.8. The summed E-state index contributed by atoms with van der Waals surface area (Å²) in [5.74, 6) is 0.415. The predicted molar refractivity (Wildman–Crippen MR) is 172 cm³/mol. The largest absolute Gasteiger partial charge is 0.489 e. The highest BCUT2D eigenvalue weighted by Gasteiger charge is 2.22. The number of aryl methyl sites for hydroxylation is 1. The van der Waals surface area contributed by atoms with E-state index in [1.54, 1.807) is 18.6 Å². The molecule has 2 aromatic heterocycles. The molecule has 220 valence electrons. The summed E-state index contributed by atoms with van der Waals surface area (Å²) in [5, 5.41) is 3.85. The highest BCUT2D eigenvalue weighted by Crippen LogP contribution is 2.38. The van der Waals surface area contributed by atoms with Crippen LogP contribution in [-0.2, 0) is 0 Å². The van der Waals surface area contributed by atoms with Crippen molar-refractivity contribution in [1.82, 2.24) is 19.9 Å². The van der Waals surface area contributed by atoms with E-state index in [1.807, 2.05) is 73.0 Å². The molecule has 3 N–H and O–H groups in total. The molecular formula is C33H32ClN5O3S. The zero-order valence-electron chi connectivity index (χ0n) is 23.9. The number of ether oxygens (including phenoxy) is 2. The van der Waals surface area contributed by atoms with Crippen LogP contribution in [0.15, 0.2) is 78.1 Å². The van der Waals surface area contributed by atoms with Gasteiger partial charge in [0.15, 0.2) is 0 Å². The molecule has 0 aliphatic carbocycles. The fourth-order valence-electron chi connectivity index (χ4n) is 5.41. The number of hydrogen-bond donors (Lipinski definition) is 3. The Bertz CT molecular complexity index is 1820. The molecule has 1 atom stereocenters. The van der Waals surface area contributed by atoms with E-state index in [0.29, 0.717) is 27.1 Å². The molecule has 3 heterocycles. The van der Waals surface area contributed by atoms with Gasteiger partial charge in [-0.05, 0) is 87.3 Å². The van der Waals surface area contributed by atoms with E-state index >= 15 is 0 Å². The molecule has 6 rings (SSSR count).